The number of nitrogens with one attached hydrogen (secondary N) is 1. The fourth-order valence-electron chi connectivity index (χ4n) is 5.89. The smallest absolute Gasteiger partial charge is 0.159 e. The van der Waals surface area contributed by atoms with Crippen LogP contribution in [-0.4, -0.2) is 56.7 Å². The van der Waals surface area contributed by atoms with Crippen molar-refractivity contribution < 1.29 is 4.84 Å². The molecule has 7 heteroatoms. The maximum atomic E-state index is 6.09. The molecule has 0 amide bonds. The van der Waals surface area contributed by atoms with E-state index in [0.717, 1.165) is 59.7 Å². The van der Waals surface area contributed by atoms with E-state index < -0.39 is 0 Å². The fourth-order valence-corrected chi connectivity index (χ4v) is 5.89. The Hall–Kier alpha value is -2.15. The van der Waals surface area contributed by atoms with Gasteiger partial charge < -0.3 is 15.1 Å². The molecule has 2 saturated carbocycles. The van der Waals surface area contributed by atoms with Gasteiger partial charge in [0.25, 0.3) is 0 Å². The Bertz CT molecular complexity index is 995. The summed E-state index contributed by atoms with van der Waals surface area (Å²) in [5.74, 6) is 0.971. The van der Waals surface area contributed by atoms with Crippen molar-refractivity contribution >= 4 is 22.4 Å². The number of hydrogen-bond acceptors (Lipinski definition) is 6. The van der Waals surface area contributed by atoms with E-state index in [1.165, 1.54) is 64.6 Å². The molecule has 32 heavy (non-hydrogen) atoms. The van der Waals surface area contributed by atoms with Crippen molar-refractivity contribution in [2.45, 2.75) is 89.3 Å². The number of pyridine rings is 1. The van der Waals surface area contributed by atoms with Gasteiger partial charge in [-0.3, -0.25) is 0 Å². The largest absolute Gasteiger partial charge is 0.389 e. The van der Waals surface area contributed by atoms with Gasteiger partial charge in [0, 0.05) is 50.4 Å². The predicted octanol–water partition coefficient (Wildman–Crippen LogP) is 4.56. The fraction of sp³-hybridized carbons (Fsp3) is 0.720. The summed E-state index contributed by atoms with van der Waals surface area (Å²) in [4.78, 5) is 13.6. The topological polar surface area (TPSA) is 67.6 Å². The Labute approximate surface area is 190 Å². The molecule has 0 atom stereocenters. The molecular weight excluding hydrogens is 400 g/mol. The molecule has 1 N–H and O–H groups in total. The van der Waals surface area contributed by atoms with Crippen LogP contribution >= 0.6 is 0 Å². The summed E-state index contributed by atoms with van der Waals surface area (Å²) < 4.78 is 1.98. The summed E-state index contributed by atoms with van der Waals surface area (Å²) in [5, 5.41) is 14.3. The molecule has 7 nitrogen and oxygen atoms in total. The van der Waals surface area contributed by atoms with Crippen molar-refractivity contribution in [3.05, 3.63) is 18.0 Å². The van der Waals surface area contributed by atoms with E-state index in [1.807, 2.05) is 17.1 Å². The van der Waals surface area contributed by atoms with E-state index in [-0.39, 0.29) is 5.60 Å². The minimum Gasteiger partial charge on any atom is -0.389 e. The second kappa shape index (κ2) is 8.32. The van der Waals surface area contributed by atoms with Crippen LogP contribution in [0.5, 0.6) is 0 Å². The van der Waals surface area contributed by atoms with Crippen molar-refractivity contribution in [3.8, 4) is 0 Å². The third-order valence-corrected chi connectivity index (χ3v) is 8.03. The number of likely N-dealkylation sites (tertiary alicyclic amines) is 1. The van der Waals surface area contributed by atoms with Crippen LogP contribution in [0.15, 0.2) is 17.5 Å². The van der Waals surface area contributed by atoms with E-state index in [2.05, 4.69) is 27.4 Å². The highest BCUT2D eigenvalue weighted by molar-refractivity contribution is 6.10. The number of rotatable bonds is 6. The molecule has 0 radical (unpaired) electrons. The second-order valence-corrected chi connectivity index (χ2v) is 10.5. The van der Waals surface area contributed by atoms with Gasteiger partial charge in [0.05, 0.1) is 23.0 Å². The molecule has 6 rings (SSSR count). The lowest BCUT2D eigenvalue weighted by Gasteiger charge is -2.33. The van der Waals surface area contributed by atoms with Crippen molar-refractivity contribution in [1.82, 2.24) is 19.7 Å². The number of aryl methyl sites for hydroxylation is 1. The number of fused-ring (bicyclic) bond motifs is 1. The molecule has 0 bridgehead atoms. The van der Waals surface area contributed by atoms with Gasteiger partial charge in [-0.1, -0.05) is 11.6 Å². The van der Waals surface area contributed by atoms with Crippen LogP contribution in [0.1, 0.15) is 76.7 Å². The Morgan fingerprint density at radius 2 is 1.91 bits per heavy atom. The van der Waals surface area contributed by atoms with Crippen LogP contribution in [0.25, 0.3) is 11.0 Å². The minimum absolute atomic E-state index is 0.0818. The molecule has 2 aromatic rings. The van der Waals surface area contributed by atoms with E-state index in [1.54, 1.807) is 0 Å². The van der Waals surface area contributed by atoms with Gasteiger partial charge in [-0.05, 0) is 64.2 Å². The summed E-state index contributed by atoms with van der Waals surface area (Å²) in [6.45, 7) is 6.63. The zero-order valence-electron chi connectivity index (χ0n) is 19.4. The third-order valence-electron chi connectivity index (χ3n) is 8.03. The SMILES string of the molecule is CCn1ncc2c(NC3CCN(CC4CC4)CC3)c(C3=NOC4(CCCCC4)C3)cnc21. The minimum atomic E-state index is -0.0818. The Balaban J connectivity index is 1.26. The molecule has 4 aliphatic rings. The molecule has 2 aromatic heterocycles. The number of nitrogens with zero attached hydrogens (tertiary/aromatic N) is 5. The summed E-state index contributed by atoms with van der Waals surface area (Å²) in [6, 6.07) is 0.478. The normalized spacial score (nSPS) is 24.1. The Morgan fingerprint density at radius 3 is 2.66 bits per heavy atom. The quantitative estimate of drug-likeness (QED) is 0.719. The molecular formula is C25H36N6O. The second-order valence-electron chi connectivity index (χ2n) is 10.5. The Kier molecular flexibility index (Phi) is 5.32. The van der Waals surface area contributed by atoms with Gasteiger partial charge in [-0.2, -0.15) is 5.10 Å². The monoisotopic (exact) mass is 436 g/mol. The number of aromatic nitrogens is 3. The van der Waals surface area contributed by atoms with Crippen LogP contribution in [0, 0.1) is 5.92 Å². The molecule has 1 saturated heterocycles. The lowest BCUT2D eigenvalue weighted by atomic mass is 9.80. The van der Waals surface area contributed by atoms with E-state index in [0.29, 0.717) is 6.04 Å². The van der Waals surface area contributed by atoms with E-state index in [4.69, 9.17) is 9.82 Å². The molecule has 4 heterocycles. The average Bonchev–Trinajstić information content (AvgIpc) is 3.39. The zero-order valence-corrected chi connectivity index (χ0v) is 19.4. The first-order valence-corrected chi connectivity index (χ1v) is 12.8. The molecule has 0 aromatic carbocycles. The molecule has 0 unspecified atom stereocenters. The first-order valence-electron chi connectivity index (χ1n) is 12.8. The molecule has 1 spiro atoms. The number of hydrogen-bond donors (Lipinski definition) is 1. The van der Waals surface area contributed by atoms with Crippen LogP contribution in [0.3, 0.4) is 0 Å². The van der Waals surface area contributed by atoms with Crippen LogP contribution in [0.4, 0.5) is 5.69 Å². The van der Waals surface area contributed by atoms with Gasteiger partial charge >= 0.3 is 0 Å². The van der Waals surface area contributed by atoms with Crippen LogP contribution in [-0.2, 0) is 11.4 Å². The van der Waals surface area contributed by atoms with Crippen LogP contribution < -0.4 is 5.32 Å². The first kappa shape index (κ1) is 20.5. The zero-order chi connectivity index (χ0) is 21.5. The summed E-state index contributed by atoms with van der Waals surface area (Å²) in [7, 11) is 0. The molecule has 2 aliphatic carbocycles. The van der Waals surface area contributed by atoms with Crippen molar-refractivity contribution in [2.75, 3.05) is 25.0 Å². The van der Waals surface area contributed by atoms with Gasteiger partial charge in [0.1, 0.15) is 5.60 Å². The maximum absolute atomic E-state index is 6.09. The lowest BCUT2D eigenvalue weighted by Crippen LogP contribution is -2.40. The van der Waals surface area contributed by atoms with Crippen molar-refractivity contribution in [1.29, 1.82) is 0 Å². The van der Waals surface area contributed by atoms with Gasteiger partial charge in [0.15, 0.2) is 5.65 Å². The van der Waals surface area contributed by atoms with Crippen LogP contribution in [0.2, 0.25) is 0 Å². The van der Waals surface area contributed by atoms with Gasteiger partial charge in [-0.15, -0.1) is 0 Å². The van der Waals surface area contributed by atoms with E-state index >= 15 is 0 Å². The first-order chi connectivity index (χ1) is 15.7. The number of oxime groups is 1. The number of piperidine rings is 1. The predicted molar refractivity (Wildman–Crippen MR) is 127 cm³/mol. The van der Waals surface area contributed by atoms with Gasteiger partial charge in [0.2, 0.25) is 0 Å². The molecule has 3 fully saturated rings. The number of anilines is 1. The Morgan fingerprint density at radius 1 is 1.09 bits per heavy atom. The summed E-state index contributed by atoms with van der Waals surface area (Å²) in [6.07, 6.45) is 16.2. The van der Waals surface area contributed by atoms with E-state index in [9.17, 15) is 0 Å². The lowest BCUT2D eigenvalue weighted by molar-refractivity contribution is -0.0449. The highest BCUT2D eigenvalue weighted by atomic mass is 16.7. The van der Waals surface area contributed by atoms with Gasteiger partial charge in [-0.25, -0.2) is 9.67 Å². The van der Waals surface area contributed by atoms with Crippen molar-refractivity contribution in [2.24, 2.45) is 11.1 Å². The standard InChI is InChI=1S/C25H36N6O/c1-2-31-24-21(16-27-31)23(28-19-8-12-30(13-9-19)17-18-6-7-18)20(15-26-24)22-14-25(32-29-22)10-4-3-5-11-25/h15-16,18-19H,2-14,17H2,1H3,(H,26,28). The summed E-state index contributed by atoms with van der Waals surface area (Å²) >= 11 is 0. The average molecular weight is 437 g/mol. The summed E-state index contributed by atoms with van der Waals surface area (Å²) in [5.41, 5.74) is 4.19. The molecule has 172 valence electrons. The highest BCUT2D eigenvalue weighted by Crippen LogP contribution is 2.41. The molecule has 2 aliphatic heterocycles. The third kappa shape index (κ3) is 3.89. The van der Waals surface area contributed by atoms with Crippen molar-refractivity contribution in [3.63, 3.8) is 0 Å². The highest BCUT2D eigenvalue weighted by Gasteiger charge is 2.41. The maximum Gasteiger partial charge on any atom is 0.159 e.